The van der Waals surface area contributed by atoms with Crippen molar-refractivity contribution >= 4 is 5.91 Å². The number of nitrogens with two attached hydrogens (primary N) is 1. The third-order valence-electron chi connectivity index (χ3n) is 3.74. The highest BCUT2D eigenvalue weighted by atomic mass is 16.5. The normalized spacial score (nSPS) is 10.8. The summed E-state index contributed by atoms with van der Waals surface area (Å²) >= 11 is 0. The predicted molar refractivity (Wildman–Crippen MR) is 96.9 cm³/mol. The van der Waals surface area contributed by atoms with Crippen LogP contribution in [0.3, 0.4) is 0 Å². The van der Waals surface area contributed by atoms with Gasteiger partial charge in [-0.25, -0.2) is 0 Å². The number of hydrogen-bond acceptors (Lipinski definition) is 3. The van der Waals surface area contributed by atoms with Gasteiger partial charge in [0.05, 0.1) is 0 Å². The molecule has 128 valence electrons. The molecule has 0 saturated heterocycles. The lowest BCUT2D eigenvalue weighted by Crippen LogP contribution is -2.16. The molecule has 0 fully saturated rings. The molecule has 0 radical (unpaired) electrons. The third kappa shape index (κ3) is 6.05. The first-order valence-corrected chi connectivity index (χ1v) is 8.36. The van der Waals surface area contributed by atoms with E-state index in [0.29, 0.717) is 18.1 Å². The van der Waals surface area contributed by atoms with Gasteiger partial charge in [-0.3, -0.25) is 4.79 Å². The van der Waals surface area contributed by atoms with Crippen LogP contribution in [-0.2, 0) is 13.2 Å². The maximum Gasteiger partial charge on any atom is 0.248 e. The van der Waals surface area contributed by atoms with Crippen LogP contribution in [0, 0.1) is 5.92 Å². The fourth-order valence-electron chi connectivity index (χ4n) is 2.35. The molecule has 1 amide bonds. The standard InChI is InChI=1S/C20H26N2O2/c1-15(2)9-10-22-13-16-5-4-8-19(12-16)24-14-17-6-3-7-18(11-17)20(21)23/h3-8,11-12,15,22H,9-10,13-14H2,1-2H3,(H2,21,23). The Kier molecular flexibility index (Phi) is 6.82. The third-order valence-corrected chi connectivity index (χ3v) is 3.74. The highest BCUT2D eigenvalue weighted by Crippen LogP contribution is 2.16. The molecule has 0 spiro atoms. The Labute approximate surface area is 144 Å². The van der Waals surface area contributed by atoms with Crippen LogP contribution < -0.4 is 15.8 Å². The van der Waals surface area contributed by atoms with E-state index in [1.54, 1.807) is 12.1 Å². The summed E-state index contributed by atoms with van der Waals surface area (Å²) in [5.41, 5.74) is 7.92. The second-order valence-electron chi connectivity index (χ2n) is 6.36. The zero-order valence-corrected chi connectivity index (χ0v) is 14.4. The van der Waals surface area contributed by atoms with Crippen LogP contribution in [0.1, 0.15) is 41.8 Å². The largest absolute Gasteiger partial charge is 0.489 e. The molecule has 0 heterocycles. The van der Waals surface area contributed by atoms with Crippen molar-refractivity contribution in [3.63, 3.8) is 0 Å². The van der Waals surface area contributed by atoms with Gasteiger partial charge < -0.3 is 15.8 Å². The summed E-state index contributed by atoms with van der Waals surface area (Å²) in [6.07, 6.45) is 1.17. The summed E-state index contributed by atoms with van der Waals surface area (Å²) in [6.45, 7) is 6.71. The number of nitrogens with one attached hydrogen (secondary N) is 1. The van der Waals surface area contributed by atoms with Crippen molar-refractivity contribution in [3.8, 4) is 5.75 Å². The average Bonchev–Trinajstić information content (AvgIpc) is 2.57. The molecule has 24 heavy (non-hydrogen) atoms. The van der Waals surface area contributed by atoms with Gasteiger partial charge in [-0.1, -0.05) is 38.1 Å². The van der Waals surface area contributed by atoms with Gasteiger partial charge in [-0.2, -0.15) is 0 Å². The quantitative estimate of drug-likeness (QED) is 0.693. The number of hydrogen-bond donors (Lipinski definition) is 2. The number of rotatable bonds is 9. The highest BCUT2D eigenvalue weighted by molar-refractivity contribution is 5.92. The molecule has 0 saturated carbocycles. The number of carbonyl (C=O) groups is 1. The van der Waals surface area contributed by atoms with E-state index >= 15 is 0 Å². The second-order valence-corrected chi connectivity index (χ2v) is 6.36. The van der Waals surface area contributed by atoms with Crippen LogP contribution in [0.4, 0.5) is 0 Å². The van der Waals surface area contributed by atoms with Gasteiger partial charge >= 0.3 is 0 Å². The first kappa shape index (κ1) is 18.0. The Hall–Kier alpha value is -2.33. The lowest BCUT2D eigenvalue weighted by molar-refractivity contribution is 0.1000. The topological polar surface area (TPSA) is 64.3 Å². The molecule has 0 unspecified atom stereocenters. The van der Waals surface area contributed by atoms with Crippen LogP contribution in [0.2, 0.25) is 0 Å². The molecule has 0 aliphatic carbocycles. The first-order valence-electron chi connectivity index (χ1n) is 8.36. The Balaban J connectivity index is 1.87. The minimum Gasteiger partial charge on any atom is -0.489 e. The van der Waals surface area contributed by atoms with Crippen molar-refractivity contribution in [2.75, 3.05) is 6.54 Å². The van der Waals surface area contributed by atoms with Crippen LogP contribution in [-0.4, -0.2) is 12.5 Å². The lowest BCUT2D eigenvalue weighted by atomic mass is 10.1. The van der Waals surface area contributed by atoms with E-state index in [2.05, 4.69) is 25.2 Å². The fourth-order valence-corrected chi connectivity index (χ4v) is 2.35. The van der Waals surface area contributed by atoms with Gasteiger partial charge in [-0.05, 0) is 54.3 Å². The van der Waals surface area contributed by atoms with Gasteiger partial charge in [0.2, 0.25) is 5.91 Å². The molecule has 0 bridgehead atoms. The number of carbonyl (C=O) groups excluding carboxylic acids is 1. The van der Waals surface area contributed by atoms with Crippen molar-refractivity contribution in [2.45, 2.75) is 33.4 Å². The van der Waals surface area contributed by atoms with E-state index in [-0.39, 0.29) is 0 Å². The summed E-state index contributed by atoms with van der Waals surface area (Å²) < 4.78 is 5.83. The zero-order valence-electron chi connectivity index (χ0n) is 14.4. The lowest BCUT2D eigenvalue weighted by Gasteiger charge is -2.10. The van der Waals surface area contributed by atoms with Crippen molar-refractivity contribution < 1.29 is 9.53 Å². The number of primary amides is 1. The van der Waals surface area contributed by atoms with Gasteiger partial charge in [0.25, 0.3) is 0 Å². The number of benzene rings is 2. The molecule has 2 aromatic carbocycles. The van der Waals surface area contributed by atoms with E-state index in [4.69, 9.17) is 10.5 Å². The Bertz CT molecular complexity index is 668. The van der Waals surface area contributed by atoms with Crippen molar-refractivity contribution in [2.24, 2.45) is 11.7 Å². The van der Waals surface area contributed by atoms with E-state index in [9.17, 15) is 4.79 Å². The summed E-state index contributed by atoms with van der Waals surface area (Å²) in [6, 6.07) is 15.3. The smallest absolute Gasteiger partial charge is 0.248 e. The monoisotopic (exact) mass is 326 g/mol. The maximum absolute atomic E-state index is 11.2. The molecule has 0 atom stereocenters. The van der Waals surface area contributed by atoms with Gasteiger partial charge in [0.1, 0.15) is 12.4 Å². The van der Waals surface area contributed by atoms with Crippen LogP contribution in [0.15, 0.2) is 48.5 Å². The van der Waals surface area contributed by atoms with Crippen molar-refractivity contribution in [1.82, 2.24) is 5.32 Å². The summed E-state index contributed by atoms with van der Waals surface area (Å²) in [7, 11) is 0. The van der Waals surface area contributed by atoms with E-state index in [1.807, 2.05) is 30.3 Å². The molecular formula is C20H26N2O2. The van der Waals surface area contributed by atoms with Crippen LogP contribution in [0.5, 0.6) is 5.75 Å². The molecule has 0 aromatic heterocycles. The van der Waals surface area contributed by atoms with E-state index < -0.39 is 5.91 Å². The second kappa shape index (κ2) is 9.08. The Morgan fingerprint density at radius 1 is 1.12 bits per heavy atom. The van der Waals surface area contributed by atoms with Gasteiger partial charge in [0, 0.05) is 12.1 Å². The van der Waals surface area contributed by atoms with Crippen molar-refractivity contribution in [3.05, 3.63) is 65.2 Å². The molecule has 0 aliphatic rings. The minimum absolute atomic E-state index is 0.408. The summed E-state index contributed by atoms with van der Waals surface area (Å²) in [5, 5.41) is 3.45. The highest BCUT2D eigenvalue weighted by Gasteiger charge is 2.03. The summed E-state index contributed by atoms with van der Waals surface area (Å²) in [4.78, 5) is 11.2. The Morgan fingerprint density at radius 2 is 1.88 bits per heavy atom. The molecule has 3 N–H and O–H groups in total. The molecule has 4 heteroatoms. The molecule has 2 aromatic rings. The SMILES string of the molecule is CC(C)CCNCc1cccc(OCc2cccc(C(N)=O)c2)c1. The van der Waals surface area contributed by atoms with Crippen LogP contribution >= 0.6 is 0 Å². The van der Waals surface area contributed by atoms with Gasteiger partial charge in [0.15, 0.2) is 0 Å². The molecule has 2 rings (SSSR count). The summed E-state index contributed by atoms with van der Waals surface area (Å²) in [5.74, 6) is 1.11. The van der Waals surface area contributed by atoms with E-state index in [1.165, 1.54) is 12.0 Å². The molecule has 0 aliphatic heterocycles. The maximum atomic E-state index is 11.2. The minimum atomic E-state index is -0.425. The molecule has 4 nitrogen and oxygen atoms in total. The predicted octanol–water partition coefficient (Wildman–Crippen LogP) is 3.50. The molecular weight excluding hydrogens is 300 g/mol. The van der Waals surface area contributed by atoms with Crippen molar-refractivity contribution in [1.29, 1.82) is 0 Å². The zero-order chi connectivity index (χ0) is 17.4. The average molecular weight is 326 g/mol. The first-order chi connectivity index (χ1) is 11.5. The Morgan fingerprint density at radius 3 is 2.62 bits per heavy atom. The van der Waals surface area contributed by atoms with Crippen LogP contribution in [0.25, 0.3) is 0 Å². The van der Waals surface area contributed by atoms with Gasteiger partial charge in [-0.15, -0.1) is 0 Å². The number of ether oxygens (including phenoxy) is 1. The van der Waals surface area contributed by atoms with E-state index in [0.717, 1.165) is 24.4 Å². The fraction of sp³-hybridized carbons (Fsp3) is 0.350. The number of amides is 1.